The summed E-state index contributed by atoms with van der Waals surface area (Å²) >= 11 is 0. The summed E-state index contributed by atoms with van der Waals surface area (Å²) in [6, 6.07) is 0. The van der Waals surface area contributed by atoms with Crippen LogP contribution in [0, 0.1) is 17.3 Å². The maximum absolute atomic E-state index is 12.0. The predicted octanol–water partition coefficient (Wildman–Crippen LogP) is 2.75. The molecule has 2 unspecified atom stereocenters. The van der Waals surface area contributed by atoms with Crippen molar-refractivity contribution < 1.29 is 14.3 Å². The van der Waals surface area contributed by atoms with E-state index in [-0.39, 0.29) is 23.2 Å². The van der Waals surface area contributed by atoms with Crippen LogP contribution in [0.5, 0.6) is 0 Å². The Morgan fingerprint density at radius 2 is 1.94 bits per heavy atom. The molecule has 0 bridgehead atoms. The molecule has 0 amide bonds. The van der Waals surface area contributed by atoms with Crippen molar-refractivity contribution in [1.82, 2.24) is 0 Å². The number of hydrogen-bond donors (Lipinski definition) is 0. The van der Waals surface area contributed by atoms with Gasteiger partial charge in [-0.25, -0.2) is 0 Å². The van der Waals surface area contributed by atoms with Crippen LogP contribution in [0.4, 0.5) is 0 Å². The van der Waals surface area contributed by atoms with Crippen LogP contribution in [-0.4, -0.2) is 17.9 Å². The molecule has 1 rings (SSSR count). The van der Waals surface area contributed by atoms with Gasteiger partial charge in [0, 0.05) is 11.3 Å². The monoisotopic (exact) mass is 238 g/mol. The largest absolute Gasteiger partial charge is 0.459 e. The van der Waals surface area contributed by atoms with Crippen LogP contribution >= 0.6 is 0 Å². The van der Waals surface area contributed by atoms with Crippen LogP contribution in [0.25, 0.3) is 0 Å². The van der Waals surface area contributed by atoms with Crippen LogP contribution in [-0.2, 0) is 14.3 Å². The highest BCUT2D eigenvalue weighted by atomic mass is 16.6. The summed E-state index contributed by atoms with van der Waals surface area (Å²) in [5.41, 5.74) is 0.392. The zero-order valence-corrected chi connectivity index (χ0v) is 11.5. The van der Waals surface area contributed by atoms with E-state index in [1.807, 2.05) is 47.6 Å². The molecule has 0 aliphatic heterocycles. The Balaban J connectivity index is 2.78. The molecule has 0 N–H and O–H groups in total. The molecule has 0 aromatic rings. The SMILES string of the molecule is CC(C=O)C=C1C(C(=O)OC(C)(C)C)C1(C)C. The topological polar surface area (TPSA) is 43.4 Å². The molecule has 2 atom stereocenters. The molecule has 1 saturated carbocycles. The first-order valence-corrected chi connectivity index (χ1v) is 6.00. The van der Waals surface area contributed by atoms with Crippen LogP contribution in [0.1, 0.15) is 41.5 Å². The lowest BCUT2D eigenvalue weighted by Crippen LogP contribution is -2.25. The van der Waals surface area contributed by atoms with Crippen LogP contribution in [0.15, 0.2) is 11.6 Å². The lowest BCUT2D eigenvalue weighted by molar-refractivity contribution is -0.157. The molecule has 0 heterocycles. The normalized spacial score (nSPS) is 26.5. The average Bonchev–Trinajstić information content (AvgIpc) is 2.65. The molecule has 0 saturated heterocycles. The molecule has 3 heteroatoms. The van der Waals surface area contributed by atoms with Crippen LogP contribution in [0.2, 0.25) is 0 Å². The molecule has 1 aliphatic carbocycles. The van der Waals surface area contributed by atoms with Gasteiger partial charge in [-0.2, -0.15) is 0 Å². The highest BCUT2D eigenvalue weighted by Gasteiger charge is 2.58. The Morgan fingerprint density at radius 1 is 1.41 bits per heavy atom. The summed E-state index contributed by atoms with van der Waals surface area (Å²) in [6.45, 7) is 11.4. The van der Waals surface area contributed by atoms with Crippen molar-refractivity contribution in [2.24, 2.45) is 17.3 Å². The summed E-state index contributed by atoms with van der Waals surface area (Å²) in [5, 5.41) is 0. The minimum absolute atomic E-state index is 0.142. The minimum atomic E-state index is -0.461. The van der Waals surface area contributed by atoms with Gasteiger partial charge in [-0.3, -0.25) is 4.79 Å². The van der Waals surface area contributed by atoms with Gasteiger partial charge in [0.25, 0.3) is 0 Å². The van der Waals surface area contributed by atoms with E-state index in [2.05, 4.69) is 0 Å². The summed E-state index contributed by atoms with van der Waals surface area (Å²) < 4.78 is 5.37. The number of hydrogen-bond acceptors (Lipinski definition) is 3. The summed E-state index contributed by atoms with van der Waals surface area (Å²) in [7, 11) is 0. The maximum Gasteiger partial charge on any atom is 0.314 e. The lowest BCUT2D eigenvalue weighted by Gasteiger charge is -2.19. The van der Waals surface area contributed by atoms with Crippen molar-refractivity contribution in [2.75, 3.05) is 0 Å². The number of allylic oxidation sites excluding steroid dienone is 1. The fourth-order valence-corrected chi connectivity index (χ4v) is 2.00. The maximum atomic E-state index is 12.0. The van der Waals surface area contributed by atoms with Gasteiger partial charge in [0.2, 0.25) is 0 Å². The number of aldehydes is 1. The number of carbonyl (C=O) groups is 2. The van der Waals surface area contributed by atoms with Gasteiger partial charge < -0.3 is 9.53 Å². The van der Waals surface area contributed by atoms with Gasteiger partial charge in [0.1, 0.15) is 11.9 Å². The van der Waals surface area contributed by atoms with E-state index in [9.17, 15) is 9.59 Å². The van der Waals surface area contributed by atoms with Crippen molar-refractivity contribution in [2.45, 2.75) is 47.1 Å². The van der Waals surface area contributed by atoms with Crippen LogP contribution in [0.3, 0.4) is 0 Å². The standard InChI is InChI=1S/C14H22O3/c1-9(8-15)7-10-11(14(10,5)6)12(16)17-13(2,3)4/h7-9,11H,1-6H3. The Kier molecular flexibility index (Phi) is 3.51. The zero-order chi connectivity index (χ0) is 13.4. The molecule has 1 fully saturated rings. The predicted molar refractivity (Wildman–Crippen MR) is 66.4 cm³/mol. The molecular weight excluding hydrogens is 216 g/mol. The third-order valence-corrected chi connectivity index (χ3v) is 2.99. The Bertz CT molecular complexity index is 358. The van der Waals surface area contributed by atoms with Gasteiger partial charge in [0.15, 0.2) is 0 Å². The van der Waals surface area contributed by atoms with Gasteiger partial charge in [-0.1, -0.05) is 32.4 Å². The first-order chi connectivity index (χ1) is 7.59. The van der Waals surface area contributed by atoms with E-state index in [1.54, 1.807) is 0 Å². The first kappa shape index (κ1) is 13.9. The van der Waals surface area contributed by atoms with E-state index in [0.717, 1.165) is 11.9 Å². The second-order valence-corrected chi connectivity index (χ2v) is 6.31. The summed E-state index contributed by atoms with van der Waals surface area (Å²) in [6.07, 6.45) is 2.76. The smallest absolute Gasteiger partial charge is 0.314 e. The fourth-order valence-electron chi connectivity index (χ4n) is 2.00. The Morgan fingerprint density at radius 3 is 2.35 bits per heavy atom. The molecule has 0 radical (unpaired) electrons. The third kappa shape index (κ3) is 3.18. The highest BCUT2D eigenvalue weighted by molar-refractivity contribution is 5.84. The summed E-state index contributed by atoms with van der Waals surface area (Å²) in [5.74, 6) is -0.521. The first-order valence-electron chi connectivity index (χ1n) is 6.00. The molecule has 0 aromatic carbocycles. The van der Waals surface area contributed by atoms with Gasteiger partial charge in [-0.05, 0) is 20.8 Å². The van der Waals surface area contributed by atoms with Gasteiger partial charge in [0.05, 0.1) is 5.92 Å². The Hall–Kier alpha value is -1.12. The van der Waals surface area contributed by atoms with E-state index in [1.165, 1.54) is 0 Å². The van der Waals surface area contributed by atoms with Crippen LogP contribution < -0.4 is 0 Å². The third-order valence-electron chi connectivity index (χ3n) is 2.99. The highest BCUT2D eigenvalue weighted by Crippen LogP contribution is 2.58. The van der Waals surface area contributed by atoms with Gasteiger partial charge in [-0.15, -0.1) is 0 Å². The molecule has 96 valence electrons. The molecule has 3 nitrogen and oxygen atoms in total. The van der Waals surface area contributed by atoms with Crippen molar-refractivity contribution in [3.8, 4) is 0 Å². The minimum Gasteiger partial charge on any atom is -0.459 e. The van der Waals surface area contributed by atoms with Crippen molar-refractivity contribution in [1.29, 1.82) is 0 Å². The molecule has 0 aromatic heterocycles. The van der Waals surface area contributed by atoms with Crippen molar-refractivity contribution >= 4 is 12.3 Å². The molecule has 17 heavy (non-hydrogen) atoms. The summed E-state index contributed by atoms with van der Waals surface area (Å²) in [4.78, 5) is 22.6. The molecular formula is C14H22O3. The quantitative estimate of drug-likeness (QED) is 0.431. The number of ether oxygens (including phenoxy) is 1. The van der Waals surface area contributed by atoms with E-state index >= 15 is 0 Å². The fraction of sp³-hybridized carbons (Fsp3) is 0.714. The number of esters is 1. The van der Waals surface area contributed by atoms with Crippen molar-refractivity contribution in [3.05, 3.63) is 11.6 Å². The van der Waals surface area contributed by atoms with Gasteiger partial charge >= 0.3 is 5.97 Å². The molecule has 0 spiro atoms. The van der Waals surface area contributed by atoms with E-state index in [0.29, 0.717) is 0 Å². The molecule has 1 aliphatic rings. The lowest BCUT2D eigenvalue weighted by atomic mass is 10.1. The second-order valence-electron chi connectivity index (χ2n) is 6.31. The van der Waals surface area contributed by atoms with E-state index < -0.39 is 5.60 Å². The number of rotatable bonds is 3. The second kappa shape index (κ2) is 4.28. The number of carbonyl (C=O) groups excluding carboxylic acids is 2. The average molecular weight is 238 g/mol. The Labute approximate surface area is 103 Å². The zero-order valence-electron chi connectivity index (χ0n) is 11.5. The van der Waals surface area contributed by atoms with E-state index in [4.69, 9.17) is 4.74 Å². The van der Waals surface area contributed by atoms with Crippen molar-refractivity contribution in [3.63, 3.8) is 0 Å².